The Morgan fingerprint density at radius 3 is 2.24 bits per heavy atom. The van der Waals surface area contributed by atoms with Crippen LogP contribution in [0.15, 0.2) is 65.5 Å². The standard InChI is InChI=1S/C38H44N2O6/c1-8-39(9-2)28-15-11-26(12-16-28)31-34(42)32(35(31)43)27-13-17-29(18-14-27)40(10-3)21-22-45-37(44)38(7)20-19-30-25(6)33(41)23(4)24(5)36(30)46-38/h11-18H,8-10,19-22H2,1-7H3,(H-,41,42,43). The van der Waals surface area contributed by atoms with Gasteiger partial charge in [0.1, 0.15) is 24.7 Å². The number of ether oxygens (including phenoxy) is 2. The summed E-state index contributed by atoms with van der Waals surface area (Å²) in [6.45, 7) is 16.7. The average Bonchev–Trinajstić information content (AvgIpc) is 3.06. The Bertz CT molecular complexity index is 1720. The smallest absolute Gasteiger partial charge is 0.350 e. The van der Waals surface area contributed by atoms with Crippen LogP contribution in [0, 0.1) is 20.8 Å². The van der Waals surface area contributed by atoms with Crippen molar-refractivity contribution in [2.45, 2.75) is 66.9 Å². The predicted octanol–water partition coefficient (Wildman–Crippen LogP) is 5.04. The molecule has 3 aliphatic rings. The Balaban J connectivity index is 1.24. The first-order valence-electron chi connectivity index (χ1n) is 16.2. The van der Waals surface area contributed by atoms with E-state index in [-0.39, 0.29) is 35.0 Å². The van der Waals surface area contributed by atoms with Crippen LogP contribution in [-0.4, -0.2) is 65.5 Å². The van der Waals surface area contributed by atoms with Gasteiger partial charge in [-0.25, -0.2) is 9.37 Å². The average molecular weight is 625 g/mol. The fourth-order valence-corrected chi connectivity index (χ4v) is 6.45. The molecule has 1 heterocycles. The summed E-state index contributed by atoms with van der Waals surface area (Å²) in [5, 5.41) is 23.5. The Morgan fingerprint density at radius 1 is 1.00 bits per heavy atom. The largest absolute Gasteiger partial charge is 0.871 e. The number of nitrogens with zero attached hydrogens (tertiary/aromatic N) is 2. The highest BCUT2D eigenvalue weighted by Crippen LogP contribution is 2.43. The van der Waals surface area contributed by atoms with Gasteiger partial charge in [0.2, 0.25) is 5.60 Å². The minimum absolute atomic E-state index is 0.173. The predicted molar refractivity (Wildman–Crippen MR) is 179 cm³/mol. The van der Waals surface area contributed by atoms with Crippen LogP contribution < -0.4 is 14.7 Å². The normalized spacial score (nSPS) is 18.8. The van der Waals surface area contributed by atoms with Crippen LogP contribution in [0.3, 0.4) is 0 Å². The van der Waals surface area contributed by atoms with E-state index in [2.05, 4.69) is 23.3 Å². The van der Waals surface area contributed by atoms with Gasteiger partial charge in [-0.3, -0.25) is 4.79 Å². The molecule has 0 amide bonds. The number of likely N-dealkylation sites (N-methyl/N-ethyl adjacent to an activating group) is 1. The molecule has 5 rings (SSSR count). The number of hydrogen-bond donors (Lipinski definition) is 1. The van der Waals surface area contributed by atoms with E-state index in [1.165, 1.54) is 0 Å². The SMILES string of the molecule is CCN(CC)c1ccc(C2=C([O-])C(=C3C=CC(=[N+](CC)CCOC(=O)C4(C)CCc5c(C)c(O)c(C)c(C)c5O4)C=C3)C2=O)cc1. The molecule has 0 bridgehead atoms. The Labute approximate surface area is 271 Å². The monoisotopic (exact) mass is 624 g/mol. The molecular formula is C38H44N2O6. The molecule has 0 aromatic heterocycles. The first-order valence-corrected chi connectivity index (χ1v) is 16.2. The van der Waals surface area contributed by atoms with Crippen molar-refractivity contribution in [3.63, 3.8) is 0 Å². The lowest BCUT2D eigenvalue weighted by atomic mass is 9.80. The molecule has 8 nitrogen and oxygen atoms in total. The lowest BCUT2D eigenvalue weighted by molar-refractivity contribution is -0.525. The third-order valence-corrected chi connectivity index (χ3v) is 9.64. The van der Waals surface area contributed by atoms with Crippen molar-refractivity contribution in [2.75, 3.05) is 37.7 Å². The summed E-state index contributed by atoms with van der Waals surface area (Å²) >= 11 is 0. The minimum atomic E-state index is -1.12. The van der Waals surface area contributed by atoms with Crippen LogP contribution >= 0.6 is 0 Å². The molecule has 0 saturated heterocycles. The van der Waals surface area contributed by atoms with Crippen molar-refractivity contribution in [1.82, 2.24) is 0 Å². The van der Waals surface area contributed by atoms with Gasteiger partial charge >= 0.3 is 5.97 Å². The molecule has 2 aromatic carbocycles. The summed E-state index contributed by atoms with van der Waals surface area (Å²) in [7, 11) is 0. The van der Waals surface area contributed by atoms with Crippen molar-refractivity contribution < 1.29 is 33.9 Å². The summed E-state index contributed by atoms with van der Waals surface area (Å²) in [4.78, 5) is 28.5. The maximum Gasteiger partial charge on any atom is 0.350 e. The van der Waals surface area contributed by atoms with Gasteiger partial charge in [-0.2, -0.15) is 0 Å². The second-order valence-corrected chi connectivity index (χ2v) is 12.3. The fourth-order valence-electron chi connectivity index (χ4n) is 6.45. The van der Waals surface area contributed by atoms with Crippen LogP contribution in [0.25, 0.3) is 5.57 Å². The zero-order valence-electron chi connectivity index (χ0n) is 28.0. The number of rotatable bonds is 9. The molecule has 0 spiro atoms. The number of phenols is 1. The molecule has 0 radical (unpaired) electrons. The molecule has 8 heteroatoms. The van der Waals surface area contributed by atoms with E-state index in [4.69, 9.17) is 9.47 Å². The lowest BCUT2D eigenvalue weighted by Crippen LogP contribution is -2.46. The second kappa shape index (κ2) is 13.0. The Morgan fingerprint density at radius 2 is 1.65 bits per heavy atom. The molecule has 0 saturated carbocycles. The van der Waals surface area contributed by atoms with Gasteiger partial charge in [0.05, 0.1) is 0 Å². The zero-order chi connectivity index (χ0) is 33.3. The number of aromatic hydroxyl groups is 1. The van der Waals surface area contributed by atoms with Crippen LogP contribution in [-0.2, 0) is 20.7 Å². The maximum absolute atomic E-state index is 13.2. The number of carbonyl (C=O) groups excluding carboxylic acids is 2. The van der Waals surface area contributed by atoms with Crippen molar-refractivity contribution in [1.29, 1.82) is 0 Å². The Hall–Kier alpha value is -4.59. The van der Waals surface area contributed by atoms with E-state index in [0.717, 1.165) is 46.7 Å². The third-order valence-electron chi connectivity index (χ3n) is 9.64. The topological polar surface area (TPSA) is 102 Å². The number of carbonyl (C=O) groups is 2. The van der Waals surface area contributed by atoms with Gasteiger partial charge in [0.25, 0.3) is 0 Å². The summed E-state index contributed by atoms with van der Waals surface area (Å²) in [6, 6.07) is 7.60. The van der Waals surface area contributed by atoms with E-state index in [1.807, 2.05) is 64.1 Å². The van der Waals surface area contributed by atoms with Gasteiger partial charge < -0.3 is 24.6 Å². The second-order valence-electron chi connectivity index (χ2n) is 12.3. The number of allylic oxidation sites excluding steroid dienone is 7. The van der Waals surface area contributed by atoms with Gasteiger partial charge in [-0.1, -0.05) is 17.9 Å². The first kappa shape index (κ1) is 32.8. The number of esters is 1. The van der Waals surface area contributed by atoms with E-state index in [9.17, 15) is 19.8 Å². The summed E-state index contributed by atoms with van der Waals surface area (Å²) in [5.74, 6) is 0.0633. The van der Waals surface area contributed by atoms with E-state index >= 15 is 0 Å². The zero-order valence-corrected chi connectivity index (χ0v) is 28.0. The summed E-state index contributed by atoms with van der Waals surface area (Å²) in [5.41, 5.74) is 5.85. The van der Waals surface area contributed by atoms with Crippen LogP contribution in [0.1, 0.15) is 61.9 Å². The highest BCUT2D eigenvalue weighted by Gasteiger charge is 2.42. The summed E-state index contributed by atoms with van der Waals surface area (Å²) in [6.07, 6.45) is 8.44. The minimum Gasteiger partial charge on any atom is -0.871 e. The third kappa shape index (κ3) is 5.77. The first-order chi connectivity index (χ1) is 21.9. The van der Waals surface area contributed by atoms with Gasteiger partial charge in [0, 0.05) is 54.1 Å². The van der Waals surface area contributed by atoms with Crippen molar-refractivity contribution in [2.24, 2.45) is 0 Å². The molecule has 46 heavy (non-hydrogen) atoms. The molecule has 1 N–H and O–H groups in total. The number of anilines is 1. The van der Waals surface area contributed by atoms with Crippen molar-refractivity contribution in [3.8, 4) is 11.5 Å². The quantitative estimate of drug-likeness (QED) is 0.237. The molecule has 2 aliphatic carbocycles. The lowest BCUT2D eigenvalue weighted by Gasteiger charge is -2.35. The highest BCUT2D eigenvalue weighted by molar-refractivity contribution is 6.39. The summed E-state index contributed by atoms with van der Waals surface area (Å²) < 4.78 is 14.1. The number of fused-ring (bicyclic) bond motifs is 1. The Kier molecular flexibility index (Phi) is 9.29. The molecule has 242 valence electrons. The molecule has 0 fully saturated rings. The molecule has 1 unspecified atom stereocenters. The molecule has 2 aromatic rings. The van der Waals surface area contributed by atoms with Gasteiger partial charge in [0.15, 0.2) is 18.0 Å². The van der Waals surface area contributed by atoms with Gasteiger partial charge in [-0.05, 0) is 107 Å². The van der Waals surface area contributed by atoms with Crippen molar-refractivity contribution in [3.05, 3.63) is 93.3 Å². The number of hydrogen-bond acceptors (Lipinski definition) is 7. The molecule has 1 atom stereocenters. The van der Waals surface area contributed by atoms with Crippen molar-refractivity contribution >= 4 is 28.7 Å². The van der Waals surface area contributed by atoms with Crippen LogP contribution in [0.2, 0.25) is 0 Å². The van der Waals surface area contributed by atoms with E-state index in [1.54, 1.807) is 19.1 Å². The van der Waals surface area contributed by atoms with Gasteiger partial charge in [-0.15, -0.1) is 0 Å². The highest BCUT2D eigenvalue weighted by atomic mass is 16.6. The fraction of sp³-hybridized carbons (Fsp3) is 0.395. The molecular weight excluding hydrogens is 580 g/mol. The van der Waals surface area contributed by atoms with E-state index in [0.29, 0.717) is 42.8 Å². The number of phenolic OH excluding ortho intramolecular Hbond substituents is 1. The maximum atomic E-state index is 13.2. The molecule has 1 aliphatic heterocycles. The van der Waals surface area contributed by atoms with Crippen LogP contribution in [0.5, 0.6) is 11.5 Å². The van der Waals surface area contributed by atoms with E-state index < -0.39 is 11.6 Å². The number of ketones is 1. The van der Waals surface area contributed by atoms with Crippen LogP contribution in [0.4, 0.5) is 5.69 Å². The number of benzene rings is 2. The number of Topliss-reactive ketones (excluding diaryl/α,β-unsaturated/α-hetero) is 1.